The van der Waals surface area contributed by atoms with Crippen molar-refractivity contribution >= 4 is 10.0 Å². The summed E-state index contributed by atoms with van der Waals surface area (Å²) in [6.45, 7) is -1.40. The Kier molecular flexibility index (Phi) is 4.94. The maximum Gasteiger partial charge on any atom is 0.402 e. The van der Waals surface area contributed by atoms with Gasteiger partial charge in [-0.25, -0.2) is 8.42 Å². The van der Waals surface area contributed by atoms with Gasteiger partial charge in [0.25, 0.3) is 0 Å². The first-order valence-electron chi connectivity index (χ1n) is 5.42. The first-order valence-corrected chi connectivity index (χ1v) is 6.86. The van der Waals surface area contributed by atoms with Crippen molar-refractivity contribution in [2.24, 2.45) is 0 Å². The van der Waals surface area contributed by atoms with Crippen molar-refractivity contribution in [3.8, 4) is 0 Å². The highest BCUT2D eigenvalue weighted by atomic mass is 32.2. The summed E-state index contributed by atoms with van der Waals surface area (Å²) in [6, 6.07) is 5.77. The maximum atomic E-state index is 12.4. The van der Waals surface area contributed by atoms with Crippen LogP contribution in [0.15, 0.2) is 29.2 Å². The molecule has 0 fully saturated rings. The zero-order chi connectivity index (χ0) is 14.7. The van der Waals surface area contributed by atoms with Crippen LogP contribution in [0.25, 0.3) is 0 Å². The topological polar surface area (TPSA) is 57.6 Å². The van der Waals surface area contributed by atoms with Crippen molar-refractivity contribution in [2.75, 3.05) is 19.7 Å². The van der Waals surface area contributed by atoms with Gasteiger partial charge in [-0.3, -0.25) is 0 Å². The van der Waals surface area contributed by atoms with Crippen LogP contribution in [0.4, 0.5) is 13.2 Å². The van der Waals surface area contributed by atoms with Gasteiger partial charge >= 0.3 is 6.18 Å². The first kappa shape index (κ1) is 15.9. The molecule has 0 unspecified atom stereocenters. The standard InChI is InChI=1S/C11H14F3NO3S/c1-9-4-2-3-5-10(9)19(17,18)15(6-7-16)8-11(12,13)14/h2-5,16H,6-8H2,1H3. The lowest BCUT2D eigenvalue weighted by Gasteiger charge is -2.23. The Morgan fingerprint density at radius 1 is 1.26 bits per heavy atom. The number of aliphatic hydroxyl groups is 1. The van der Waals surface area contributed by atoms with Gasteiger partial charge in [0.2, 0.25) is 10.0 Å². The number of hydrogen-bond donors (Lipinski definition) is 1. The second kappa shape index (κ2) is 5.89. The highest BCUT2D eigenvalue weighted by Gasteiger charge is 2.37. The predicted molar refractivity (Wildman–Crippen MR) is 63.1 cm³/mol. The number of alkyl halides is 3. The van der Waals surface area contributed by atoms with Gasteiger partial charge in [0, 0.05) is 6.54 Å². The summed E-state index contributed by atoms with van der Waals surface area (Å²) in [4.78, 5) is -0.187. The fourth-order valence-electron chi connectivity index (χ4n) is 1.58. The van der Waals surface area contributed by atoms with E-state index in [0.717, 1.165) is 0 Å². The maximum absolute atomic E-state index is 12.4. The molecule has 108 valence electrons. The molecule has 8 heteroatoms. The second-order valence-electron chi connectivity index (χ2n) is 3.94. The van der Waals surface area contributed by atoms with Crippen molar-refractivity contribution in [3.05, 3.63) is 29.8 Å². The van der Waals surface area contributed by atoms with E-state index in [1.165, 1.54) is 25.1 Å². The molecule has 0 aliphatic rings. The van der Waals surface area contributed by atoms with E-state index < -0.39 is 35.9 Å². The Hall–Kier alpha value is -1.12. The average Bonchev–Trinajstić information content (AvgIpc) is 2.27. The lowest BCUT2D eigenvalue weighted by molar-refractivity contribution is -0.136. The molecule has 0 atom stereocenters. The third-order valence-electron chi connectivity index (χ3n) is 2.42. The molecule has 0 aliphatic heterocycles. The van der Waals surface area contributed by atoms with E-state index in [1.807, 2.05) is 0 Å². The van der Waals surface area contributed by atoms with Crippen molar-refractivity contribution in [1.82, 2.24) is 4.31 Å². The molecule has 0 bridgehead atoms. The molecular formula is C11H14F3NO3S. The molecule has 1 N–H and O–H groups in total. The Bertz CT molecular complexity index is 528. The highest BCUT2D eigenvalue weighted by molar-refractivity contribution is 7.89. The zero-order valence-corrected chi connectivity index (χ0v) is 11.0. The molecule has 0 aromatic heterocycles. The fraction of sp³-hybridized carbons (Fsp3) is 0.455. The number of rotatable bonds is 5. The van der Waals surface area contributed by atoms with Gasteiger partial charge < -0.3 is 5.11 Å². The van der Waals surface area contributed by atoms with Crippen LogP contribution >= 0.6 is 0 Å². The van der Waals surface area contributed by atoms with E-state index in [-0.39, 0.29) is 9.20 Å². The Morgan fingerprint density at radius 3 is 2.32 bits per heavy atom. The number of aliphatic hydroxyl groups excluding tert-OH is 1. The van der Waals surface area contributed by atoms with Crippen LogP contribution in [0.1, 0.15) is 5.56 Å². The average molecular weight is 297 g/mol. The minimum atomic E-state index is -4.66. The van der Waals surface area contributed by atoms with E-state index in [4.69, 9.17) is 5.11 Å². The molecule has 0 saturated heterocycles. The van der Waals surface area contributed by atoms with Gasteiger partial charge in [-0.05, 0) is 18.6 Å². The van der Waals surface area contributed by atoms with Gasteiger partial charge in [0.1, 0.15) is 6.54 Å². The molecule has 0 saturated carbocycles. The molecule has 0 aliphatic carbocycles. The van der Waals surface area contributed by atoms with Gasteiger partial charge in [-0.1, -0.05) is 18.2 Å². The van der Waals surface area contributed by atoms with Crippen molar-refractivity contribution < 1.29 is 26.7 Å². The molecule has 1 aromatic carbocycles. The number of aryl methyl sites for hydroxylation is 1. The van der Waals surface area contributed by atoms with Crippen molar-refractivity contribution in [2.45, 2.75) is 18.0 Å². The molecule has 19 heavy (non-hydrogen) atoms. The number of benzene rings is 1. The van der Waals surface area contributed by atoms with Crippen LogP contribution in [-0.2, 0) is 10.0 Å². The summed E-state index contributed by atoms with van der Waals surface area (Å²) in [5.41, 5.74) is 0.354. The van der Waals surface area contributed by atoms with Gasteiger partial charge in [0.15, 0.2) is 0 Å². The van der Waals surface area contributed by atoms with E-state index in [2.05, 4.69) is 0 Å². The van der Waals surface area contributed by atoms with E-state index in [0.29, 0.717) is 5.56 Å². The molecular weight excluding hydrogens is 283 g/mol. The van der Waals surface area contributed by atoms with Gasteiger partial charge in [0.05, 0.1) is 11.5 Å². The summed E-state index contributed by atoms with van der Waals surface area (Å²) in [7, 11) is -4.27. The molecule has 0 heterocycles. The van der Waals surface area contributed by atoms with Crippen molar-refractivity contribution in [3.63, 3.8) is 0 Å². The van der Waals surface area contributed by atoms with E-state index in [9.17, 15) is 21.6 Å². The summed E-state index contributed by atoms with van der Waals surface area (Å²) in [5.74, 6) is 0. The molecule has 1 aromatic rings. The summed E-state index contributed by atoms with van der Waals surface area (Å²) in [6.07, 6.45) is -4.66. The highest BCUT2D eigenvalue weighted by Crippen LogP contribution is 2.24. The lowest BCUT2D eigenvalue weighted by Crippen LogP contribution is -2.40. The first-order chi connectivity index (χ1) is 8.68. The monoisotopic (exact) mass is 297 g/mol. The number of nitrogens with zero attached hydrogens (tertiary/aromatic N) is 1. The summed E-state index contributed by atoms with van der Waals surface area (Å²) < 4.78 is 61.7. The van der Waals surface area contributed by atoms with Crippen LogP contribution in [0.5, 0.6) is 0 Å². The molecule has 0 amide bonds. The smallest absolute Gasteiger partial charge is 0.395 e. The Balaban J connectivity index is 3.17. The molecule has 1 rings (SSSR count). The third-order valence-corrected chi connectivity index (χ3v) is 4.42. The number of hydrogen-bond acceptors (Lipinski definition) is 3. The van der Waals surface area contributed by atoms with E-state index >= 15 is 0 Å². The SMILES string of the molecule is Cc1ccccc1S(=O)(=O)N(CCO)CC(F)(F)F. The summed E-state index contributed by atoms with van der Waals surface area (Å²) >= 11 is 0. The van der Waals surface area contributed by atoms with Crippen LogP contribution in [0.3, 0.4) is 0 Å². The summed E-state index contributed by atoms with van der Waals surface area (Å²) in [5, 5.41) is 8.74. The molecule has 4 nitrogen and oxygen atoms in total. The second-order valence-corrected chi connectivity index (χ2v) is 5.85. The van der Waals surface area contributed by atoms with Crippen LogP contribution in [0, 0.1) is 6.92 Å². The molecule has 0 spiro atoms. The quantitative estimate of drug-likeness (QED) is 0.897. The number of halogens is 3. The Morgan fingerprint density at radius 2 is 1.84 bits per heavy atom. The van der Waals surface area contributed by atoms with Crippen LogP contribution < -0.4 is 0 Å². The molecule has 0 radical (unpaired) electrons. The van der Waals surface area contributed by atoms with E-state index in [1.54, 1.807) is 6.07 Å². The van der Waals surface area contributed by atoms with Gasteiger partial charge in [-0.2, -0.15) is 17.5 Å². The Labute approximate surface area is 109 Å². The fourth-order valence-corrected chi connectivity index (χ4v) is 3.22. The zero-order valence-electron chi connectivity index (χ0n) is 10.2. The van der Waals surface area contributed by atoms with Crippen molar-refractivity contribution in [1.29, 1.82) is 0 Å². The number of sulfonamides is 1. The minimum Gasteiger partial charge on any atom is -0.395 e. The predicted octanol–water partition coefficient (Wildman–Crippen LogP) is 1.54. The van der Waals surface area contributed by atoms with Crippen LogP contribution in [-0.4, -0.2) is 43.7 Å². The lowest BCUT2D eigenvalue weighted by atomic mass is 10.2. The normalized spacial score (nSPS) is 12.9. The van der Waals surface area contributed by atoms with Crippen LogP contribution in [0.2, 0.25) is 0 Å². The van der Waals surface area contributed by atoms with Gasteiger partial charge in [-0.15, -0.1) is 0 Å². The largest absolute Gasteiger partial charge is 0.402 e. The third kappa shape index (κ3) is 4.19. The minimum absolute atomic E-state index is 0.187.